The fraction of sp³-hybridized carbons (Fsp3) is 0.308. The number of hydrogen-bond donors (Lipinski definition) is 0. The number of rotatable bonds is 3. The highest BCUT2D eigenvalue weighted by Crippen LogP contribution is 2.50. The van der Waals surface area contributed by atoms with E-state index in [9.17, 15) is 0 Å². The highest BCUT2D eigenvalue weighted by Gasteiger charge is 2.37. The maximum atomic E-state index is 2.53. The molecule has 3 aromatic rings. The van der Waals surface area contributed by atoms with E-state index in [1.54, 1.807) is 0 Å². The van der Waals surface area contributed by atoms with Gasteiger partial charge in [-0.2, -0.15) is 0 Å². The average Bonchev–Trinajstić information content (AvgIpc) is 3.01. The molecular weight excluding hydrogens is 340 g/mol. The summed E-state index contributed by atoms with van der Waals surface area (Å²) in [6.45, 7) is 11.3. The zero-order chi connectivity index (χ0) is 19.9. The van der Waals surface area contributed by atoms with Crippen LogP contribution in [-0.2, 0) is 5.41 Å². The molecule has 2 nitrogen and oxygen atoms in total. The van der Waals surface area contributed by atoms with Crippen LogP contribution < -0.4 is 9.80 Å². The Kier molecular flexibility index (Phi) is 4.66. The minimum absolute atomic E-state index is 0.119. The predicted molar refractivity (Wildman–Crippen MR) is 121 cm³/mol. The molecule has 0 saturated heterocycles. The van der Waals surface area contributed by atoms with E-state index < -0.39 is 0 Å². The molecule has 0 radical (unpaired) electrons. The van der Waals surface area contributed by atoms with Crippen molar-refractivity contribution in [3.05, 3.63) is 83.9 Å². The third kappa shape index (κ3) is 3.07. The van der Waals surface area contributed by atoms with E-state index in [1.807, 2.05) is 0 Å². The van der Waals surface area contributed by atoms with Crippen LogP contribution in [0.3, 0.4) is 0 Å². The normalized spacial score (nSPS) is 16.4. The zero-order valence-electron chi connectivity index (χ0n) is 17.6. The van der Waals surface area contributed by atoms with Crippen molar-refractivity contribution < 1.29 is 0 Å². The van der Waals surface area contributed by atoms with E-state index in [1.165, 1.54) is 33.9 Å². The number of anilines is 4. The van der Waals surface area contributed by atoms with Crippen LogP contribution in [0.5, 0.6) is 0 Å². The van der Waals surface area contributed by atoms with Crippen molar-refractivity contribution in [1.82, 2.24) is 0 Å². The lowest BCUT2D eigenvalue weighted by atomic mass is 9.86. The lowest BCUT2D eigenvalue weighted by Gasteiger charge is -2.33. The Morgan fingerprint density at radius 2 is 1.43 bits per heavy atom. The van der Waals surface area contributed by atoms with Crippen molar-refractivity contribution in [2.45, 2.75) is 52.6 Å². The highest BCUT2D eigenvalue weighted by atomic mass is 15.4. The van der Waals surface area contributed by atoms with Gasteiger partial charge in [0.2, 0.25) is 0 Å². The first-order valence-corrected chi connectivity index (χ1v) is 10.3. The first kappa shape index (κ1) is 18.6. The van der Waals surface area contributed by atoms with Crippen molar-refractivity contribution in [2.24, 2.45) is 0 Å². The third-order valence-corrected chi connectivity index (χ3v) is 5.73. The number of aryl methyl sites for hydroxylation is 1. The largest absolute Gasteiger partial charge is 0.318 e. The van der Waals surface area contributed by atoms with Crippen LogP contribution in [0.1, 0.15) is 45.2 Å². The van der Waals surface area contributed by atoms with Crippen LogP contribution in [0.25, 0.3) is 0 Å². The second-order valence-corrected chi connectivity index (χ2v) is 8.70. The van der Waals surface area contributed by atoms with Gasteiger partial charge in [-0.05, 0) is 60.2 Å². The molecule has 1 aliphatic rings. The molecule has 2 heteroatoms. The van der Waals surface area contributed by atoms with Gasteiger partial charge in [0, 0.05) is 11.4 Å². The van der Waals surface area contributed by atoms with Crippen molar-refractivity contribution >= 4 is 22.7 Å². The number of benzene rings is 3. The molecule has 0 saturated carbocycles. The van der Waals surface area contributed by atoms with E-state index in [0.29, 0.717) is 0 Å². The topological polar surface area (TPSA) is 6.48 Å². The van der Waals surface area contributed by atoms with Crippen LogP contribution in [0.4, 0.5) is 22.7 Å². The molecule has 3 aromatic carbocycles. The first-order chi connectivity index (χ1) is 13.4. The summed E-state index contributed by atoms with van der Waals surface area (Å²) in [5, 5.41) is 0. The monoisotopic (exact) mass is 370 g/mol. The van der Waals surface area contributed by atoms with Gasteiger partial charge in [0.25, 0.3) is 0 Å². The molecule has 0 aliphatic carbocycles. The summed E-state index contributed by atoms with van der Waals surface area (Å²) in [4.78, 5) is 5.03. The summed E-state index contributed by atoms with van der Waals surface area (Å²) < 4.78 is 0. The van der Waals surface area contributed by atoms with Gasteiger partial charge in [-0.25, -0.2) is 0 Å². The molecule has 1 atom stereocenters. The predicted octanol–water partition coefficient (Wildman–Crippen LogP) is 7.32. The van der Waals surface area contributed by atoms with Crippen LogP contribution in [-0.4, -0.2) is 6.17 Å². The summed E-state index contributed by atoms with van der Waals surface area (Å²) in [7, 11) is 0. The second kappa shape index (κ2) is 7.01. The molecule has 0 fully saturated rings. The molecule has 1 heterocycles. The Morgan fingerprint density at radius 3 is 2.07 bits per heavy atom. The third-order valence-electron chi connectivity index (χ3n) is 5.73. The van der Waals surface area contributed by atoms with Crippen LogP contribution in [0.2, 0.25) is 0 Å². The van der Waals surface area contributed by atoms with Gasteiger partial charge in [-0.3, -0.25) is 0 Å². The van der Waals surface area contributed by atoms with Crippen LogP contribution in [0.15, 0.2) is 72.8 Å². The van der Waals surface area contributed by atoms with Gasteiger partial charge in [0.05, 0.1) is 11.4 Å². The number of para-hydroxylation sites is 2. The molecule has 0 spiro atoms. The van der Waals surface area contributed by atoms with E-state index in [0.717, 1.165) is 6.42 Å². The quantitative estimate of drug-likeness (QED) is 0.476. The molecule has 0 amide bonds. The lowest BCUT2D eigenvalue weighted by molar-refractivity contribution is 0.590. The molecule has 28 heavy (non-hydrogen) atoms. The van der Waals surface area contributed by atoms with E-state index in [4.69, 9.17) is 0 Å². The Balaban J connectivity index is 1.96. The zero-order valence-corrected chi connectivity index (χ0v) is 17.6. The Hall–Kier alpha value is -2.74. The minimum atomic E-state index is 0.119. The van der Waals surface area contributed by atoms with Gasteiger partial charge < -0.3 is 9.80 Å². The van der Waals surface area contributed by atoms with Gasteiger partial charge in [-0.1, -0.05) is 70.2 Å². The molecule has 0 aromatic heterocycles. The van der Waals surface area contributed by atoms with Crippen molar-refractivity contribution in [3.63, 3.8) is 0 Å². The smallest absolute Gasteiger partial charge is 0.111 e. The number of hydrogen-bond acceptors (Lipinski definition) is 2. The Morgan fingerprint density at radius 1 is 0.750 bits per heavy atom. The standard InChI is InChI=1S/C26H30N2/c1-6-25-27(21-13-8-7-9-14-21)23-17-16-20(26(3,4)5)18-24(23)28(25)22-15-11-10-12-19(22)2/h7-18,25H,6H2,1-5H3. The van der Waals surface area contributed by atoms with Crippen molar-refractivity contribution in [1.29, 1.82) is 0 Å². The fourth-order valence-corrected chi connectivity index (χ4v) is 4.21. The van der Waals surface area contributed by atoms with Gasteiger partial charge in [0.1, 0.15) is 6.17 Å². The maximum absolute atomic E-state index is 2.53. The van der Waals surface area contributed by atoms with Crippen molar-refractivity contribution in [2.75, 3.05) is 9.80 Å². The van der Waals surface area contributed by atoms with Gasteiger partial charge >= 0.3 is 0 Å². The first-order valence-electron chi connectivity index (χ1n) is 10.3. The summed E-state index contributed by atoms with van der Waals surface area (Å²) in [5.41, 5.74) is 7.92. The van der Waals surface area contributed by atoms with E-state index >= 15 is 0 Å². The minimum Gasteiger partial charge on any atom is -0.318 e. The van der Waals surface area contributed by atoms with Gasteiger partial charge in [0.15, 0.2) is 0 Å². The lowest BCUT2D eigenvalue weighted by Crippen LogP contribution is -2.37. The Labute approximate surface area is 169 Å². The van der Waals surface area contributed by atoms with Crippen LogP contribution >= 0.6 is 0 Å². The molecule has 4 rings (SSSR count). The van der Waals surface area contributed by atoms with Crippen molar-refractivity contribution in [3.8, 4) is 0 Å². The molecule has 144 valence electrons. The molecular formula is C26H30N2. The second-order valence-electron chi connectivity index (χ2n) is 8.70. The van der Waals surface area contributed by atoms with Gasteiger partial charge in [-0.15, -0.1) is 0 Å². The van der Waals surface area contributed by atoms with Crippen LogP contribution in [0, 0.1) is 6.92 Å². The summed E-state index contributed by atoms with van der Waals surface area (Å²) in [6, 6.07) is 26.5. The summed E-state index contributed by atoms with van der Waals surface area (Å²) in [5.74, 6) is 0. The highest BCUT2D eigenvalue weighted by molar-refractivity contribution is 5.89. The van der Waals surface area contributed by atoms with E-state index in [-0.39, 0.29) is 11.6 Å². The average molecular weight is 371 g/mol. The maximum Gasteiger partial charge on any atom is 0.111 e. The number of nitrogens with zero attached hydrogens (tertiary/aromatic N) is 2. The fourth-order valence-electron chi connectivity index (χ4n) is 4.21. The number of fused-ring (bicyclic) bond motifs is 1. The molecule has 1 unspecified atom stereocenters. The molecule has 1 aliphatic heterocycles. The summed E-state index contributed by atoms with van der Waals surface area (Å²) >= 11 is 0. The SMILES string of the molecule is CCC1N(c2ccccc2)c2ccc(C(C)(C)C)cc2N1c1ccccc1C. The Bertz CT molecular complexity index is 969. The molecule has 0 bridgehead atoms. The summed E-state index contributed by atoms with van der Waals surface area (Å²) in [6.07, 6.45) is 1.29. The van der Waals surface area contributed by atoms with E-state index in [2.05, 4.69) is 117 Å². The molecule has 0 N–H and O–H groups in total.